The Morgan fingerprint density at radius 3 is 2.53 bits per heavy atom. The predicted molar refractivity (Wildman–Crippen MR) is 80.4 cm³/mol. The molecule has 0 spiro atoms. The van der Waals surface area contributed by atoms with Crippen molar-refractivity contribution in [3.8, 4) is 0 Å². The van der Waals surface area contributed by atoms with E-state index in [1.54, 1.807) is 0 Å². The van der Waals surface area contributed by atoms with Gasteiger partial charge in [0.2, 0.25) is 5.91 Å². The van der Waals surface area contributed by atoms with Crippen molar-refractivity contribution in [1.82, 2.24) is 10.2 Å². The molecule has 1 saturated heterocycles. The number of halogens is 1. The number of hydrogen-bond acceptors (Lipinski definition) is 2. The number of hydrogen-bond donors (Lipinski definition) is 1. The fourth-order valence-electron chi connectivity index (χ4n) is 2.43. The molecule has 1 aliphatic rings. The molecule has 1 heterocycles. The summed E-state index contributed by atoms with van der Waals surface area (Å²) in [6.45, 7) is 2.82. The summed E-state index contributed by atoms with van der Waals surface area (Å²) in [6, 6.07) is 10.2. The molecule has 3 nitrogen and oxygen atoms in total. The lowest BCUT2D eigenvalue weighted by Gasteiger charge is -2.25. The van der Waals surface area contributed by atoms with Crippen LogP contribution in [0.1, 0.15) is 24.8 Å². The van der Waals surface area contributed by atoms with Crippen LogP contribution in [0.2, 0.25) is 0 Å². The summed E-state index contributed by atoms with van der Waals surface area (Å²) in [4.78, 5) is 14.0. The van der Waals surface area contributed by atoms with Crippen molar-refractivity contribution in [1.29, 1.82) is 0 Å². The van der Waals surface area contributed by atoms with Gasteiger partial charge in [-0.2, -0.15) is 0 Å². The molecular weight excluding hydrogens is 260 g/mol. The van der Waals surface area contributed by atoms with Crippen LogP contribution in [0.25, 0.3) is 0 Å². The van der Waals surface area contributed by atoms with Crippen LogP contribution in [-0.4, -0.2) is 30.9 Å². The second kappa shape index (κ2) is 8.18. The summed E-state index contributed by atoms with van der Waals surface area (Å²) >= 11 is 0. The van der Waals surface area contributed by atoms with Gasteiger partial charge in [-0.1, -0.05) is 30.3 Å². The first-order valence-electron chi connectivity index (χ1n) is 6.74. The third kappa shape index (κ3) is 5.21. The molecule has 106 valence electrons. The van der Waals surface area contributed by atoms with Gasteiger partial charge in [0.05, 0.1) is 0 Å². The van der Waals surface area contributed by atoms with Gasteiger partial charge in [0.1, 0.15) is 0 Å². The van der Waals surface area contributed by atoms with Gasteiger partial charge in [-0.3, -0.25) is 4.79 Å². The van der Waals surface area contributed by atoms with Gasteiger partial charge in [0.15, 0.2) is 0 Å². The maximum atomic E-state index is 12.1. The van der Waals surface area contributed by atoms with E-state index in [9.17, 15) is 4.79 Å². The minimum absolute atomic E-state index is 0. The summed E-state index contributed by atoms with van der Waals surface area (Å²) < 4.78 is 0. The molecule has 0 bridgehead atoms. The van der Waals surface area contributed by atoms with E-state index in [-0.39, 0.29) is 18.3 Å². The third-order valence-electron chi connectivity index (χ3n) is 3.61. The van der Waals surface area contributed by atoms with Crippen LogP contribution in [0.4, 0.5) is 0 Å². The molecule has 0 atom stereocenters. The smallest absolute Gasteiger partial charge is 0.222 e. The lowest BCUT2D eigenvalue weighted by Crippen LogP contribution is -2.33. The molecule has 2 rings (SSSR count). The van der Waals surface area contributed by atoms with Crippen molar-refractivity contribution in [2.75, 3.05) is 20.1 Å². The fraction of sp³-hybridized carbons (Fsp3) is 0.533. The lowest BCUT2D eigenvalue weighted by atomic mass is 9.94. The average molecular weight is 283 g/mol. The first kappa shape index (κ1) is 16.0. The van der Waals surface area contributed by atoms with Gasteiger partial charge in [0.25, 0.3) is 0 Å². The Bertz CT molecular complexity index is 377. The normalized spacial score (nSPS) is 15.6. The zero-order valence-electron chi connectivity index (χ0n) is 11.5. The van der Waals surface area contributed by atoms with Crippen molar-refractivity contribution in [3.63, 3.8) is 0 Å². The Balaban J connectivity index is 0.00000180. The maximum Gasteiger partial charge on any atom is 0.222 e. The molecule has 0 radical (unpaired) electrons. The zero-order valence-corrected chi connectivity index (χ0v) is 12.3. The largest absolute Gasteiger partial charge is 0.341 e. The highest BCUT2D eigenvalue weighted by Gasteiger charge is 2.18. The number of rotatable bonds is 4. The third-order valence-corrected chi connectivity index (χ3v) is 3.61. The molecule has 1 N–H and O–H groups in total. The Morgan fingerprint density at radius 2 is 1.89 bits per heavy atom. The van der Waals surface area contributed by atoms with E-state index in [1.165, 1.54) is 5.56 Å². The second-order valence-corrected chi connectivity index (χ2v) is 5.13. The molecule has 1 amide bonds. The number of amides is 1. The molecule has 1 fully saturated rings. The maximum absolute atomic E-state index is 12.1. The number of carbonyl (C=O) groups is 1. The van der Waals surface area contributed by atoms with E-state index in [0.717, 1.165) is 25.9 Å². The second-order valence-electron chi connectivity index (χ2n) is 5.13. The summed E-state index contributed by atoms with van der Waals surface area (Å²) in [6.07, 6.45) is 2.96. The van der Waals surface area contributed by atoms with E-state index >= 15 is 0 Å². The van der Waals surface area contributed by atoms with E-state index in [0.29, 0.717) is 18.9 Å². The lowest BCUT2D eigenvalue weighted by molar-refractivity contribution is -0.131. The van der Waals surface area contributed by atoms with E-state index in [4.69, 9.17) is 0 Å². The van der Waals surface area contributed by atoms with Gasteiger partial charge in [-0.25, -0.2) is 0 Å². The highest BCUT2D eigenvalue weighted by Crippen LogP contribution is 2.17. The monoisotopic (exact) mass is 282 g/mol. The van der Waals surface area contributed by atoms with Crippen LogP contribution in [0.3, 0.4) is 0 Å². The first-order chi connectivity index (χ1) is 8.75. The van der Waals surface area contributed by atoms with Crippen molar-refractivity contribution in [3.05, 3.63) is 35.9 Å². The number of piperidine rings is 1. The van der Waals surface area contributed by atoms with Crippen molar-refractivity contribution >= 4 is 18.3 Å². The Labute approximate surface area is 121 Å². The number of nitrogens with zero attached hydrogens (tertiary/aromatic N) is 1. The van der Waals surface area contributed by atoms with E-state index in [1.807, 2.05) is 30.1 Å². The molecule has 0 saturated carbocycles. The number of nitrogens with one attached hydrogen (secondary N) is 1. The molecule has 1 aromatic rings. The van der Waals surface area contributed by atoms with Gasteiger partial charge in [0, 0.05) is 20.0 Å². The van der Waals surface area contributed by atoms with Gasteiger partial charge in [-0.15, -0.1) is 12.4 Å². The topological polar surface area (TPSA) is 32.3 Å². The first-order valence-corrected chi connectivity index (χ1v) is 6.74. The van der Waals surface area contributed by atoms with E-state index < -0.39 is 0 Å². The van der Waals surface area contributed by atoms with Gasteiger partial charge in [-0.05, 0) is 37.4 Å². The number of carbonyl (C=O) groups excluding carboxylic acids is 1. The minimum atomic E-state index is 0. The Kier molecular flexibility index (Phi) is 6.89. The summed E-state index contributed by atoms with van der Waals surface area (Å²) in [5.74, 6) is 0.836. The molecule has 1 aliphatic heterocycles. The van der Waals surface area contributed by atoms with Gasteiger partial charge < -0.3 is 10.2 Å². The van der Waals surface area contributed by atoms with Crippen molar-refractivity contribution in [2.45, 2.75) is 25.8 Å². The molecule has 0 aliphatic carbocycles. The average Bonchev–Trinajstić information content (AvgIpc) is 2.41. The minimum Gasteiger partial charge on any atom is -0.341 e. The summed E-state index contributed by atoms with van der Waals surface area (Å²) in [5.41, 5.74) is 1.19. The summed E-state index contributed by atoms with van der Waals surface area (Å²) in [7, 11) is 1.90. The summed E-state index contributed by atoms with van der Waals surface area (Å²) in [5, 5.41) is 3.33. The molecular formula is C15H23ClN2O. The molecule has 0 aromatic heterocycles. The molecule has 1 aromatic carbocycles. The van der Waals surface area contributed by atoms with Gasteiger partial charge >= 0.3 is 0 Å². The van der Waals surface area contributed by atoms with Crippen LogP contribution < -0.4 is 5.32 Å². The Hall–Kier alpha value is -1.06. The SMILES string of the molecule is CN(Cc1ccccc1)C(=O)CC1CCNCC1.Cl. The molecule has 0 unspecified atom stereocenters. The number of benzene rings is 1. The highest BCUT2D eigenvalue weighted by atomic mass is 35.5. The van der Waals surface area contributed by atoms with Crippen molar-refractivity contribution in [2.24, 2.45) is 5.92 Å². The predicted octanol–water partition coefficient (Wildman–Crippen LogP) is 2.46. The van der Waals surface area contributed by atoms with E-state index in [2.05, 4.69) is 17.4 Å². The van der Waals surface area contributed by atoms with Crippen LogP contribution in [0.15, 0.2) is 30.3 Å². The van der Waals surface area contributed by atoms with Crippen LogP contribution in [0.5, 0.6) is 0 Å². The quantitative estimate of drug-likeness (QED) is 0.920. The van der Waals surface area contributed by atoms with Crippen LogP contribution in [-0.2, 0) is 11.3 Å². The van der Waals surface area contributed by atoms with Crippen LogP contribution in [0, 0.1) is 5.92 Å². The van der Waals surface area contributed by atoms with Crippen LogP contribution >= 0.6 is 12.4 Å². The Morgan fingerprint density at radius 1 is 1.26 bits per heavy atom. The standard InChI is InChI=1S/C15H22N2O.ClH/c1-17(12-14-5-3-2-4-6-14)15(18)11-13-7-9-16-10-8-13;/h2-6,13,16H,7-12H2,1H3;1H. The fourth-order valence-corrected chi connectivity index (χ4v) is 2.43. The molecule has 4 heteroatoms. The zero-order chi connectivity index (χ0) is 12.8. The molecule has 19 heavy (non-hydrogen) atoms. The van der Waals surface area contributed by atoms with Crippen molar-refractivity contribution < 1.29 is 4.79 Å². The highest BCUT2D eigenvalue weighted by molar-refractivity contribution is 5.85.